The van der Waals surface area contributed by atoms with E-state index < -0.39 is 0 Å². The van der Waals surface area contributed by atoms with Crippen molar-refractivity contribution in [2.24, 2.45) is 5.73 Å². The molecule has 1 heterocycles. The van der Waals surface area contributed by atoms with E-state index in [2.05, 4.69) is 6.92 Å². The molecular weight excluding hydrogens is 246 g/mol. The molecule has 1 atom stereocenters. The lowest BCUT2D eigenvalue weighted by Gasteiger charge is -2.35. The molecule has 1 aliphatic rings. The second-order valence-corrected chi connectivity index (χ2v) is 4.95. The molecule has 6 nitrogen and oxygen atoms in total. The van der Waals surface area contributed by atoms with E-state index in [-0.39, 0.29) is 24.5 Å². The van der Waals surface area contributed by atoms with Crippen LogP contribution in [0.5, 0.6) is 0 Å². The summed E-state index contributed by atoms with van der Waals surface area (Å²) < 4.78 is 4.82. The fourth-order valence-corrected chi connectivity index (χ4v) is 2.25. The number of nitrogens with zero attached hydrogens (tertiary/aromatic N) is 2. The normalized spacial score (nSPS) is 17.4. The van der Waals surface area contributed by atoms with Crippen molar-refractivity contribution >= 4 is 11.8 Å². The molecule has 1 rings (SSSR count). The third-order valence-electron chi connectivity index (χ3n) is 3.35. The van der Waals surface area contributed by atoms with Crippen molar-refractivity contribution in [2.45, 2.75) is 32.2 Å². The number of methoxy groups -OCH3 is 1. The first-order chi connectivity index (χ1) is 9.08. The second-order valence-electron chi connectivity index (χ2n) is 4.95. The van der Waals surface area contributed by atoms with Gasteiger partial charge in [0.15, 0.2) is 0 Å². The molecule has 0 aromatic carbocycles. The van der Waals surface area contributed by atoms with Crippen LogP contribution in [0, 0.1) is 0 Å². The number of rotatable bonds is 6. The molecular formula is C13H25N3O3. The van der Waals surface area contributed by atoms with E-state index >= 15 is 0 Å². The summed E-state index contributed by atoms with van der Waals surface area (Å²) in [5, 5.41) is 0. The molecule has 0 bridgehead atoms. The zero-order chi connectivity index (χ0) is 14.3. The highest BCUT2D eigenvalue weighted by atomic mass is 16.5. The lowest BCUT2D eigenvalue weighted by Crippen LogP contribution is -2.52. The highest BCUT2D eigenvalue weighted by Crippen LogP contribution is 2.07. The van der Waals surface area contributed by atoms with Gasteiger partial charge in [0, 0.05) is 45.8 Å². The summed E-state index contributed by atoms with van der Waals surface area (Å²) in [4.78, 5) is 27.2. The molecule has 0 aromatic heterocycles. The maximum atomic E-state index is 12.0. The van der Waals surface area contributed by atoms with E-state index in [1.807, 2.05) is 0 Å². The van der Waals surface area contributed by atoms with Crippen LogP contribution in [-0.2, 0) is 14.3 Å². The highest BCUT2D eigenvalue weighted by molar-refractivity contribution is 5.79. The first-order valence-electron chi connectivity index (χ1n) is 6.88. The van der Waals surface area contributed by atoms with E-state index in [4.69, 9.17) is 10.5 Å². The zero-order valence-corrected chi connectivity index (χ0v) is 11.9. The number of hydrogen-bond acceptors (Lipinski definition) is 4. The van der Waals surface area contributed by atoms with Gasteiger partial charge in [0.2, 0.25) is 11.8 Å². The molecule has 1 saturated heterocycles. The number of carbonyl (C=O) groups excluding carboxylic acids is 2. The van der Waals surface area contributed by atoms with Gasteiger partial charge >= 0.3 is 0 Å². The maximum Gasteiger partial charge on any atom is 0.248 e. The first-order valence-corrected chi connectivity index (χ1v) is 6.88. The van der Waals surface area contributed by atoms with Gasteiger partial charge in [-0.05, 0) is 6.42 Å². The van der Waals surface area contributed by atoms with Gasteiger partial charge in [-0.15, -0.1) is 0 Å². The van der Waals surface area contributed by atoms with Gasteiger partial charge in [0.05, 0.1) is 0 Å². The predicted octanol–water partition coefficient (Wildman–Crippen LogP) is -0.179. The molecule has 1 aliphatic heterocycles. The van der Waals surface area contributed by atoms with E-state index in [0.29, 0.717) is 32.6 Å². The van der Waals surface area contributed by atoms with Crippen LogP contribution in [0.25, 0.3) is 0 Å². The average Bonchev–Trinajstić information content (AvgIpc) is 2.39. The van der Waals surface area contributed by atoms with E-state index in [0.717, 1.165) is 12.8 Å². The van der Waals surface area contributed by atoms with Gasteiger partial charge in [-0.25, -0.2) is 0 Å². The first kappa shape index (κ1) is 15.9. The van der Waals surface area contributed by atoms with Crippen LogP contribution >= 0.6 is 0 Å². The fourth-order valence-electron chi connectivity index (χ4n) is 2.25. The van der Waals surface area contributed by atoms with Gasteiger partial charge in [0.1, 0.15) is 6.61 Å². The molecule has 1 unspecified atom stereocenters. The molecule has 2 amide bonds. The molecule has 19 heavy (non-hydrogen) atoms. The largest absolute Gasteiger partial charge is 0.375 e. The summed E-state index contributed by atoms with van der Waals surface area (Å²) >= 11 is 0. The summed E-state index contributed by atoms with van der Waals surface area (Å²) in [6.07, 6.45) is 2.27. The van der Waals surface area contributed by atoms with E-state index in [1.165, 1.54) is 7.11 Å². The van der Waals surface area contributed by atoms with Crippen molar-refractivity contribution in [3.05, 3.63) is 0 Å². The van der Waals surface area contributed by atoms with E-state index in [9.17, 15) is 9.59 Å². The van der Waals surface area contributed by atoms with Crippen molar-refractivity contribution in [1.82, 2.24) is 9.80 Å². The Bertz CT molecular complexity index is 302. The fraction of sp³-hybridized carbons (Fsp3) is 0.846. The number of hydrogen-bond donors (Lipinski definition) is 1. The molecule has 0 aromatic rings. The molecule has 0 aliphatic carbocycles. The second kappa shape index (κ2) is 8.12. The minimum absolute atomic E-state index is 0.0164. The summed E-state index contributed by atoms with van der Waals surface area (Å²) in [5.41, 5.74) is 5.88. The third-order valence-corrected chi connectivity index (χ3v) is 3.35. The highest BCUT2D eigenvalue weighted by Gasteiger charge is 2.24. The predicted molar refractivity (Wildman–Crippen MR) is 72.5 cm³/mol. The van der Waals surface area contributed by atoms with Crippen molar-refractivity contribution in [1.29, 1.82) is 0 Å². The lowest BCUT2D eigenvalue weighted by atomic mass is 10.1. The average molecular weight is 271 g/mol. The van der Waals surface area contributed by atoms with Crippen molar-refractivity contribution < 1.29 is 14.3 Å². The Morgan fingerprint density at radius 2 is 1.68 bits per heavy atom. The SMILES string of the molecule is CCCC(N)CC(=O)N1CCN(C(=O)COC)CC1. The number of ether oxygens (including phenoxy) is 1. The standard InChI is InChI=1S/C13H25N3O3/c1-3-4-11(14)9-12(17)15-5-7-16(8-6-15)13(18)10-19-2/h11H,3-10,14H2,1-2H3. The van der Waals surface area contributed by atoms with Crippen LogP contribution in [0.1, 0.15) is 26.2 Å². The smallest absolute Gasteiger partial charge is 0.248 e. The zero-order valence-electron chi connectivity index (χ0n) is 11.9. The van der Waals surface area contributed by atoms with Gasteiger partial charge in [-0.3, -0.25) is 9.59 Å². The quantitative estimate of drug-likeness (QED) is 0.727. The molecule has 0 saturated carbocycles. The number of piperazine rings is 1. The van der Waals surface area contributed by atoms with Crippen LogP contribution in [0.3, 0.4) is 0 Å². The van der Waals surface area contributed by atoms with Crippen molar-refractivity contribution in [3.63, 3.8) is 0 Å². The molecule has 1 fully saturated rings. The number of amides is 2. The topological polar surface area (TPSA) is 75.9 Å². The molecule has 110 valence electrons. The molecule has 0 radical (unpaired) electrons. The maximum absolute atomic E-state index is 12.0. The van der Waals surface area contributed by atoms with Crippen molar-refractivity contribution in [3.8, 4) is 0 Å². The minimum atomic E-state index is -0.0503. The van der Waals surface area contributed by atoms with Gasteiger partial charge in [-0.1, -0.05) is 13.3 Å². The Morgan fingerprint density at radius 3 is 2.16 bits per heavy atom. The van der Waals surface area contributed by atoms with Crippen LogP contribution in [0.2, 0.25) is 0 Å². The van der Waals surface area contributed by atoms with Gasteiger partial charge in [-0.2, -0.15) is 0 Å². The summed E-state index contributed by atoms with van der Waals surface area (Å²) in [6, 6.07) is -0.0503. The third kappa shape index (κ3) is 5.16. The monoisotopic (exact) mass is 271 g/mol. The number of nitrogens with two attached hydrogens (primary N) is 1. The summed E-state index contributed by atoms with van der Waals surface area (Å²) in [5.74, 6) is 0.0806. The van der Waals surface area contributed by atoms with Crippen LogP contribution in [0.4, 0.5) is 0 Å². The Balaban J connectivity index is 2.32. The molecule has 2 N–H and O–H groups in total. The van der Waals surface area contributed by atoms with Gasteiger partial charge in [0.25, 0.3) is 0 Å². The van der Waals surface area contributed by atoms with Crippen molar-refractivity contribution in [2.75, 3.05) is 39.9 Å². The Labute approximate surface area is 114 Å². The van der Waals surface area contributed by atoms with Crippen LogP contribution in [0.15, 0.2) is 0 Å². The van der Waals surface area contributed by atoms with E-state index in [1.54, 1.807) is 9.80 Å². The van der Waals surface area contributed by atoms with Crippen LogP contribution in [-0.4, -0.2) is 67.6 Å². The lowest BCUT2D eigenvalue weighted by molar-refractivity contribution is -0.142. The summed E-state index contributed by atoms with van der Waals surface area (Å²) in [6.45, 7) is 4.51. The summed E-state index contributed by atoms with van der Waals surface area (Å²) in [7, 11) is 1.51. The Kier molecular flexibility index (Phi) is 6.80. The van der Waals surface area contributed by atoms with Crippen LogP contribution < -0.4 is 5.73 Å². The Hall–Kier alpha value is -1.14. The minimum Gasteiger partial charge on any atom is -0.375 e. The molecule has 6 heteroatoms. The number of carbonyl (C=O) groups is 2. The Morgan fingerprint density at radius 1 is 1.16 bits per heavy atom. The van der Waals surface area contributed by atoms with Gasteiger partial charge < -0.3 is 20.3 Å². The molecule has 0 spiro atoms.